The van der Waals surface area contributed by atoms with Gasteiger partial charge in [0.2, 0.25) is 0 Å². The van der Waals surface area contributed by atoms with Gasteiger partial charge in [0.05, 0.1) is 6.42 Å². The highest BCUT2D eigenvalue weighted by atomic mass is 127. The van der Waals surface area contributed by atoms with Crippen LogP contribution in [0.25, 0.3) is 0 Å². The second-order valence-electron chi connectivity index (χ2n) is 4.23. The Bertz CT molecular complexity index is 260. The summed E-state index contributed by atoms with van der Waals surface area (Å²) in [6, 6.07) is 0. The zero-order chi connectivity index (χ0) is 14.7. The van der Waals surface area contributed by atoms with Crippen LogP contribution in [-0.2, 0) is 0 Å². The van der Waals surface area contributed by atoms with Crippen molar-refractivity contribution in [2.24, 2.45) is 4.99 Å². The number of rotatable bonds is 8. The predicted octanol–water partition coefficient (Wildman–Crippen LogP) is 2.45. The highest BCUT2D eigenvalue weighted by Gasteiger charge is 2.26. The molecule has 0 rings (SSSR count). The van der Waals surface area contributed by atoms with E-state index in [1.807, 2.05) is 0 Å². The lowest BCUT2D eigenvalue weighted by molar-refractivity contribution is -0.132. The molecule has 0 amide bonds. The fourth-order valence-electron chi connectivity index (χ4n) is 1.62. The quantitative estimate of drug-likeness (QED) is 0.367. The standard InChI is InChI=1S/C12H25F3N4.HI/c1-4-9-19(5-2)10-8-18-11(16-3)17-7-6-12(13,14)15;/h4-10H2,1-3H3,(H2,16,17,18);1H. The first-order valence-electron chi connectivity index (χ1n) is 6.66. The molecule has 0 heterocycles. The number of nitrogens with zero attached hydrogens (tertiary/aromatic N) is 2. The lowest BCUT2D eigenvalue weighted by Crippen LogP contribution is -2.42. The number of nitrogens with one attached hydrogen (secondary N) is 2. The maximum absolute atomic E-state index is 12.0. The summed E-state index contributed by atoms with van der Waals surface area (Å²) in [6.45, 7) is 7.56. The Hall–Kier alpha value is -0.250. The zero-order valence-electron chi connectivity index (χ0n) is 12.4. The SMILES string of the molecule is CCCN(CC)CCNC(=NC)NCCC(F)(F)F.I. The second-order valence-corrected chi connectivity index (χ2v) is 4.23. The minimum Gasteiger partial charge on any atom is -0.356 e. The Morgan fingerprint density at radius 1 is 1.10 bits per heavy atom. The third kappa shape index (κ3) is 12.8. The highest BCUT2D eigenvalue weighted by molar-refractivity contribution is 14.0. The van der Waals surface area contributed by atoms with Gasteiger partial charge in [-0.15, -0.1) is 24.0 Å². The Morgan fingerprint density at radius 3 is 2.15 bits per heavy atom. The molecular formula is C12H26F3IN4. The summed E-state index contributed by atoms with van der Waals surface area (Å²) >= 11 is 0. The number of hydrogen-bond acceptors (Lipinski definition) is 2. The Labute approximate surface area is 136 Å². The molecule has 4 nitrogen and oxygen atoms in total. The van der Waals surface area contributed by atoms with E-state index in [9.17, 15) is 13.2 Å². The van der Waals surface area contributed by atoms with Gasteiger partial charge >= 0.3 is 6.18 Å². The number of hydrogen-bond donors (Lipinski definition) is 2. The Morgan fingerprint density at radius 2 is 1.70 bits per heavy atom. The fourth-order valence-corrected chi connectivity index (χ4v) is 1.62. The molecule has 0 aromatic rings. The molecule has 0 saturated heterocycles. The van der Waals surface area contributed by atoms with Crippen LogP contribution in [0.3, 0.4) is 0 Å². The van der Waals surface area contributed by atoms with Crippen molar-refractivity contribution in [3.63, 3.8) is 0 Å². The van der Waals surface area contributed by atoms with E-state index < -0.39 is 12.6 Å². The number of alkyl halides is 3. The molecule has 0 aliphatic carbocycles. The smallest absolute Gasteiger partial charge is 0.356 e. The highest BCUT2D eigenvalue weighted by Crippen LogP contribution is 2.17. The lowest BCUT2D eigenvalue weighted by atomic mass is 10.4. The van der Waals surface area contributed by atoms with Gasteiger partial charge in [0.15, 0.2) is 5.96 Å². The van der Waals surface area contributed by atoms with Crippen LogP contribution in [0, 0.1) is 0 Å². The summed E-state index contributed by atoms with van der Waals surface area (Å²) in [7, 11) is 1.55. The minimum absolute atomic E-state index is 0. The van der Waals surface area contributed by atoms with Crippen molar-refractivity contribution in [1.29, 1.82) is 0 Å². The van der Waals surface area contributed by atoms with Crippen LogP contribution in [0.5, 0.6) is 0 Å². The molecule has 0 aliphatic heterocycles. The molecule has 0 aliphatic rings. The minimum atomic E-state index is -4.13. The summed E-state index contributed by atoms with van der Waals surface area (Å²) in [5.41, 5.74) is 0. The van der Waals surface area contributed by atoms with Crippen LogP contribution in [0.15, 0.2) is 4.99 Å². The Kier molecular flexibility index (Phi) is 13.8. The summed E-state index contributed by atoms with van der Waals surface area (Å²) in [5.74, 6) is 0.414. The van der Waals surface area contributed by atoms with Crippen molar-refractivity contribution >= 4 is 29.9 Å². The first kappa shape index (κ1) is 22.0. The van der Waals surface area contributed by atoms with Gasteiger partial charge in [0.1, 0.15) is 0 Å². The second kappa shape index (κ2) is 12.5. The molecule has 0 aromatic carbocycles. The molecule has 0 aromatic heterocycles. The molecule has 20 heavy (non-hydrogen) atoms. The fraction of sp³-hybridized carbons (Fsp3) is 0.917. The van der Waals surface area contributed by atoms with Crippen molar-refractivity contribution in [2.75, 3.05) is 39.8 Å². The van der Waals surface area contributed by atoms with Gasteiger partial charge in [-0.1, -0.05) is 13.8 Å². The monoisotopic (exact) mass is 410 g/mol. The summed E-state index contributed by atoms with van der Waals surface area (Å²) in [5, 5.41) is 5.66. The van der Waals surface area contributed by atoms with E-state index in [0.29, 0.717) is 12.5 Å². The van der Waals surface area contributed by atoms with Gasteiger partial charge in [-0.25, -0.2) is 0 Å². The first-order chi connectivity index (χ1) is 8.92. The van der Waals surface area contributed by atoms with E-state index >= 15 is 0 Å². The van der Waals surface area contributed by atoms with Crippen LogP contribution in [-0.4, -0.2) is 56.8 Å². The van der Waals surface area contributed by atoms with E-state index in [4.69, 9.17) is 0 Å². The van der Waals surface area contributed by atoms with Gasteiger partial charge in [-0.05, 0) is 19.5 Å². The van der Waals surface area contributed by atoms with Crippen molar-refractivity contribution in [3.8, 4) is 0 Å². The normalized spacial score (nSPS) is 12.2. The maximum Gasteiger partial charge on any atom is 0.390 e. The number of aliphatic imine (C=N–C) groups is 1. The van der Waals surface area contributed by atoms with Gasteiger partial charge in [-0.3, -0.25) is 4.99 Å². The molecule has 0 spiro atoms. The Balaban J connectivity index is 0. The van der Waals surface area contributed by atoms with E-state index in [2.05, 4.69) is 34.4 Å². The van der Waals surface area contributed by atoms with E-state index in [-0.39, 0.29) is 30.5 Å². The van der Waals surface area contributed by atoms with Crippen molar-refractivity contribution in [2.45, 2.75) is 32.9 Å². The molecule has 0 unspecified atom stereocenters. The van der Waals surface area contributed by atoms with E-state index in [0.717, 1.165) is 26.1 Å². The average Bonchev–Trinajstić information content (AvgIpc) is 2.34. The predicted molar refractivity (Wildman–Crippen MR) is 87.9 cm³/mol. The molecule has 2 N–H and O–H groups in total. The average molecular weight is 410 g/mol. The molecule has 0 bridgehead atoms. The van der Waals surface area contributed by atoms with E-state index in [1.165, 1.54) is 0 Å². The number of halogens is 4. The van der Waals surface area contributed by atoms with Crippen LogP contribution in [0.2, 0.25) is 0 Å². The van der Waals surface area contributed by atoms with Gasteiger partial charge in [0, 0.05) is 26.7 Å². The van der Waals surface area contributed by atoms with E-state index in [1.54, 1.807) is 7.05 Å². The molecule has 0 atom stereocenters. The van der Waals surface area contributed by atoms with Crippen LogP contribution in [0.4, 0.5) is 13.2 Å². The maximum atomic E-state index is 12.0. The summed E-state index contributed by atoms with van der Waals surface area (Å²) in [6.07, 6.45) is -3.90. The van der Waals surface area contributed by atoms with Crippen molar-refractivity contribution in [3.05, 3.63) is 0 Å². The van der Waals surface area contributed by atoms with Gasteiger partial charge in [0.25, 0.3) is 0 Å². The number of guanidine groups is 1. The molecule has 0 radical (unpaired) electrons. The summed E-state index contributed by atoms with van der Waals surface area (Å²) in [4.78, 5) is 6.16. The topological polar surface area (TPSA) is 39.7 Å². The molecule has 0 saturated carbocycles. The summed E-state index contributed by atoms with van der Waals surface area (Å²) < 4.78 is 36.0. The van der Waals surface area contributed by atoms with Gasteiger partial charge < -0.3 is 15.5 Å². The van der Waals surface area contributed by atoms with Crippen LogP contribution >= 0.6 is 24.0 Å². The van der Waals surface area contributed by atoms with Crippen LogP contribution < -0.4 is 10.6 Å². The molecular weight excluding hydrogens is 384 g/mol. The molecule has 0 fully saturated rings. The van der Waals surface area contributed by atoms with Gasteiger partial charge in [-0.2, -0.15) is 13.2 Å². The largest absolute Gasteiger partial charge is 0.390 e. The van der Waals surface area contributed by atoms with Crippen molar-refractivity contribution in [1.82, 2.24) is 15.5 Å². The first-order valence-corrected chi connectivity index (χ1v) is 6.66. The van der Waals surface area contributed by atoms with Crippen LogP contribution in [0.1, 0.15) is 26.7 Å². The molecule has 122 valence electrons. The third-order valence-electron chi connectivity index (χ3n) is 2.63. The lowest BCUT2D eigenvalue weighted by Gasteiger charge is -2.20. The number of likely N-dealkylation sites (N-methyl/N-ethyl adjacent to an activating group) is 1. The third-order valence-corrected chi connectivity index (χ3v) is 2.63. The zero-order valence-corrected chi connectivity index (χ0v) is 14.7. The van der Waals surface area contributed by atoms with Crippen molar-refractivity contribution < 1.29 is 13.2 Å². The molecule has 8 heteroatoms.